The van der Waals surface area contributed by atoms with Crippen LogP contribution in [0.2, 0.25) is 0 Å². The van der Waals surface area contributed by atoms with E-state index < -0.39 is 0 Å². The van der Waals surface area contributed by atoms with E-state index in [1.807, 2.05) is 0 Å². The molecule has 0 aromatic rings. The minimum absolute atomic E-state index is 0.850. The first-order valence-electron chi connectivity index (χ1n) is 4.69. The molecule has 0 aromatic carbocycles. The summed E-state index contributed by atoms with van der Waals surface area (Å²) in [6, 6.07) is 0. The van der Waals surface area contributed by atoms with Crippen molar-refractivity contribution in [2.75, 3.05) is 6.54 Å². The Morgan fingerprint density at radius 3 is 2.18 bits per heavy atom. The van der Waals surface area contributed by atoms with Crippen LogP contribution in [0.3, 0.4) is 0 Å². The van der Waals surface area contributed by atoms with Crippen molar-refractivity contribution in [3.8, 4) is 0 Å². The Balaban J connectivity index is 3.41. The zero-order chi connectivity index (χ0) is 8.53. The van der Waals surface area contributed by atoms with Crippen molar-refractivity contribution in [3.63, 3.8) is 0 Å². The molecule has 11 heavy (non-hydrogen) atoms. The average Bonchev–Trinajstić information content (AvgIpc) is 2.01. The summed E-state index contributed by atoms with van der Waals surface area (Å²) in [5.41, 5.74) is 0. The fraction of sp³-hybridized carbons (Fsp3) is 0.800. The second kappa shape index (κ2) is 7.64. The van der Waals surface area contributed by atoms with Crippen LogP contribution in [-0.2, 0) is 0 Å². The van der Waals surface area contributed by atoms with Crippen LogP contribution < -0.4 is 5.32 Å². The van der Waals surface area contributed by atoms with Gasteiger partial charge in [-0.2, -0.15) is 0 Å². The molecule has 0 amide bonds. The second-order valence-corrected chi connectivity index (χ2v) is 3.06. The molecule has 0 saturated heterocycles. The van der Waals surface area contributed by atoms with Gasteiger partial charge in [0.2, 0.25) is 0 Å². The zero-order valence-electron chi connectivity index (χ0n) is 7.90. The lowest BCUT2D eigenvalue weighted by molar-refractivity contribution is 0.430. The highest BCUT2D eigenvalue weighted by Crippen LogP contribution is 2.11. The maximum atomic E-state index is 3.64. The number of nitrogens with one attached hydrogen (secondary N) is 1. The molecular weight excluding hydrogens is 134 g/mol. The Hall–Kier alpha value is -0.460. The molecule has 0 aliphatic rings. The summed E-state index contributed by atoms with van der Waals surface area (Å²) in [6.45, 7) is 9.24. The molecule has 0 rings (SSSR count). The number of hydrogen-bond donors (Lipinski definition) is 1. The van der Waals surface area contributed by atoms with Crippen LogP contribution in [-0.4, -0.2) is 6.54 Å². The number of hydrogen-bond acceptors (Lipinski definition) is 1. The molecule has 0 heterocycles. The van der Waals surface area contributed by atoms with Crippen molar-refractivity contribution in [1.29, 1.82) is 0 Å². The first-order valence-corrected chi connectivity index (χ1v) is 4.69. The number of rotatable bonds is 7. The van der Waals surface area contributed by atoms with Crippen LogP contribution in [0.4, 0.5) is 0 Å². The van der Waals surface area contributed by atoms with Gasteiger partial charge in [-0.25, -0.2) is 0 Å². The van der Waals surface area contributed by atoms with E-state index in [4.69, 9.17) is 0 Å². The summed E-state index contributed by atoms with van der Waals surface area (Å²) >= 11 is 0. The molecule has 0 aliphatic heterocycles. The van der Waals surface area contributed by atoms with Crippen LogP contribution in [0.1, 0.15) is 39.5 Å². The predicted molar refractivity (Wildman–Crippen MR) is 51.5 cm³/mol. The van der Waals surface area contributed by atoms with E-state index in [9.17, 15) is 0 Å². The van der Waals surface area contributed by atoms with Gasteiger partial charge in [-0.05, 0) is 25.0 Å². The third-order valence-electron chi connectivity index (χ3n) is 1.94. The van der Waals surface area contributed by atoms with Crippen LogP contribution in [0.25, 0.3) is 0 Å². The van der Waals surface area contributed by atoms with Gasteiger partial charge >= 0.3 is 0 Å². The van der Waals surface area contributed by atoms with E-state index in [-0.39, 0.29) is 0 Å². The van der Waals surface area contributed by atoms with E-state index in [0.717, 1.165) is 12.5 Å². The summed E-state index contributed by atoms with van der Waals surface area (Å²) in [5.74, 6) is 0.850. The molecule has 0 fully saturated rings. The summed E-state index contributed by atoms with van der Waals surface area (Å²) in [4.78, 5) is 0. The van der Waals surface area contributed by atoms with Gasteiger partial charge in [-0.15, -0.1) is 0 Å². The topological polar surface area (TPSA) is 12.0 Å². The average molecular weight is 155 g/mol. The van der Waals surface area contributed by atoms with Gasteiger partial charge in [0.15, 0.2) is 0 Å². The molecule has 1 heteroatoms. The molecule has 0 radical (unpaired) electrons. The largest absolute Gasteiger partial charge is 0.391 e. The smallest absolute Gasteiger partial charge is 0.0169 e. The molecule has 0 unspecified atom stereocenters. The minimum Gasteiger partial charge on any atom is -0.391 e. The Kier molecular flexibility index (Phi) is 7.33. The first kappa shape index (κ1) is 10.5. The van der Waals surface area contributed by atoms with E-state index >= 15 is 0 Å². The SMILES string of the molecule is C=CNCC(CCC)CCC. The zero-order valence-corrected chi connectivity index (χ0v) is 7.90. The lowest BCUT2D eigenvalue weighted by atomic mass is 9.98. The maximum Gasteiger partial charge on any atom is 0.0169 e. The van der Waals surface area contributed by atoms with Crippen LogP contribution in [0.5, 0.6) is 0 Å². The first-order chi connectivity index (χ1) is 5.35. The Labute approximate surface area is 70.9 Å². The van der Waals surface area contributed by atoms with Crippen LogP contribution in [0, 0.1) is 5.92 Å². The van der Waals surface area contributed by atoms with Crippen LogP contribution in [0.15, 0.2) is 12.8 Å². The second-order valence-electron chi connectivity index (χ2n) is 3.06. The van der Waals surface area contributed by atoms with E-state index in [0.29, 0.717) is 0 Å². The minimum atomic E-state index is 0.850. The molecular formula is C10H21N. The molecule has 0 atom stereocenters. The van der Waals surface area contributed by atoms with Gasteiger partial charge < -0.3 is 5.32 Å². The van der Waals surface area contributed by atoms with Crippen LogP contribution >= 0.6 is 0 Å². The molecule has 0 aromatic heterocycles. The van der Waals surface area contributed by atoms with Crippen molar-refractivity contribution in [2.24, 2.45) is 5.92 Å². The fourth-order valence-electron chi connectivity index (χ4n) is 1.41. The summed E-state index contributed by atoms with van der Waals surface area (Å²) in [6.07, 6.45) is 7.06. The normalized spacial score (nSPS) is 10.1. The van der Waals surface area contributed by atoms with E-state index in [2.05, 4.69) is 25.7 Å². The van der Waals surface area contributed by atoms with Gasteiger partial charge in [-0.3, -0.25) is 0 Å². The molecule has 0 saturated carbocycles. The van der Waals surface area contributed by atoms with Gasteiger partial charge in [0.05, 0.1) is 0 Å². The lowest BCUT2D eigenvalue weighted by Gasteiger charge is -2.14. The quantitative estimate of drug-likeness (QED) is 0.596. The van der Waals surface area contributed by atoms with E-state index in [1.54, 1.807) is 6.20 Å². The maximum absolute atomic E-state index is 3.64. The van der Waals surface area contributed by atoms with Crippen molar-refractivity contribution in [3.05, 3.63) is 12.8 Å². The highest BCUT2D eigenvalue weighted by Gasteiger charge is 2.03. The fourth-order valence-corrected chi connectivity index (χ4v) is 1.41. The lowest BCUT2D eigenvalue weighted by Crippen LogP contribution is -2.17. The van der Waals surface area contributed by atoms with Crippen molar-refractivity contribution in [2.45, 2.75) is 39.5 Å². The van der Waals surface area contributed by atoms with Gasteiger partial charge in [0, 0.05) is 6.54 Å². The standard InChI is InChI=1S/C10H21N/c1-4-7-10(8-5-2)9-11-6-3/h6,10-11H,3-5,7-9H2,1-2H3. The third kappa shape index (κ3) is 5.96. The Morgan fingerprint density at radius 1 is 1.27 bits per heavy atom. The third-order valence-corrected chi connectivity index (χ3v) is 1.94. The van der Waals surface area contributed by atoms with Gasteiger partial charge in [0.1, 0.15) is 0 Å². The molecule has 1 N–H and O–H groups in total. The van der Waals surface area contributed by atoms with Gasteiger partial charge in [-0.1, -0.05) is 33.3 Å². The van der Waals surface area contributed by atoms with Gasteiger partial charge in [0.25, 0.3) is 0 Å². The molecule has 0 bridgehead atoms. The molecule has 1 nitrogen and oxygen atoms in total. The van der Waals surface area contributed by atoms with Crippen molar-refractivity contribution < 1.29 is 0 Å². The molecule has 0 aliphatic carbocycles. The summed E-state index contributed by atoms with van der Waals surface area (Å²) < 4.78 is 0. The Morgan fingerprint density at radius 2 is 1.82 bits per heavy atom. The summed E-state index contributed by atoms with van der Waals surface area (Å²) in [5, 5.41) is 3.18. The van der Waals surface area contributed by atoms with Crippen molar-refractivity contribution >= 4 is 0 Å². The monoisotopic (exact) mass is 155 g/mol. The van der Waals surface area contributed by atoms with E-state index in [1.165, 1.54) is 25.7 Å². The highest BCUT2D eigenvalue weighted by atomic mass is 14.8. The predicted octanol–water partition coefficient (Wildman–Crippen LogP) is 2.94. The molecule has 66 valence electrons. The summed E-state index contributed by atoms with van der Waals surface area (Å²) in [7, 11) is 0. The molecule has 0 spiro atoms. The van der Waals surface area contributed by atoms with Crippen molar-refractivity contribution in [1.82, 2.24) is 5.32 Å². The Bertz CT molecular complexity index is 82.9. The highest BCUT2D eigenvalue weighted by molar-refractivity contribution is 4.68.